The van der Waals surface area contributed by atoms with Crippen LogP contribution in [-0.2, 0) is 15.0 Å². The Morgan fingerprint density at radius 1 is 1.00 bits per heavy atom. The average molecular weight is 456 g/mol. The van der Waals surface area contributed by atoms with E-state index < -0.39 is 17.3 Å². The number of hydrogen-bond acceptors (Lipinski definition) is 3. The van der Waals surface area contributed by atoms with Gasteiger partial charge in [-0.2, -0.15) is 0 Å². The van der Waals surface area contributed by atoms with Gasteiger partial charge >= 0.3 is 0 Å². The van der Waals surface area contributed by atoms with Crippen LogP contribution in [0.15, 0.2) is 103 Å². The van der Waals surface area contributed by atoms with E-state index in [-0.39, 0.29) is 17.6 Å². The van der Waals surface area contributed by atoms with Gasteiger partial charge in [-0.3, -0.25) is 9.59 Å². The molecule has 2 aliphatic rings. The smallest absolute Gasteiger partial charge is 0.246 e. The Bertz CT molecular complexity index is 1300. The Morgan fingerprint density at radius 3 is 2.42 bits per heavy atom. The zero-order valence-electron chi connectivity index (χ0n) is 17.8. The van der Waals surface area contributed by atoms with Crippen molar-refractivity contribution >= 4 is 29.1 Å². The molecule has 3 atom stereocenters. The predicted molar refractivity (Wildman–Crippen MR) is 129 cm³/mol. The van der Waals surface area contributed by atoms with Crippen LogP contribution in [0.5, 0.6) is 5.75 Å². The van der Waals surface area contributed by atoms with Gasteiger partial charge in [-0.1, -0.05) is 84.9 Å². The summed E-state index contributed by atoms with van der Waals surface area (Å²) in [5, 5.41) is 11.3. The summed E-state index contributed by atoms with van der Waals surface area (Å²) in [6.07, 6.45) is 4.07. The van der Waals surface area contributed by atoms with Gasteiger partial charge in [-0.25, -0.2) is 4.90 Å². The molecule has 2 amide bonds. The molecule has 1 aliphatic carbocycles. The highest BCUT2D eigenvalue weighted by Gasteiger charge is 2.65. The van der Waals surface area contributed by atoms with Crippen LogP contribution in [0, 0.1) is 5.92 Å². The summed E-state index contributed by atoms with van der Waals surface area (Å²) in [5.74, 6) is -1.75. The van der Waals surface area contributed by atoms with Crippen molar-refractivity contribution < 1.29 is 14.7 Å². The number of amides is 2. The molecule has 33 heavy (non-hydrogen) atoms. The summed E-state index contributed by atoms with van der Waals surface area (Å²) >= 11 is 6.21. The van der Waals surface area contributed by atoms with Crippen LogP contribution in [0.2, 0.25) is 5.02 Å². The Kier molecular flexibility index (Phi) is 5.18. The number of allylic oxidation sites excluding steroid dienone is 3. The van der Waals surface area contributed by atoms with Gasteiger partial charge in [-0.15, -0.1) is 0 Å². The molecule has 1 N–H and O–H groups in total. The minimum atomic E-state index is -1.24. The molecule has 0 saturated carbocycles. The first-order valence-electron chi connectivity index (χ1n) is 10.8. The minimum Gasteiger partial charge on any atom is -0.508 e. The van der Waals surface area contributed by atoms with E-state index in [1.807, 2.05) is 48.5 Å². The number of nitrogens with zero attached hydrogens (tertiary/aromatic N) is 1. The molecule has 0 bridgehead atoms. The number of carbonyl (C=O) groups excluding carboxylic acids is 2. The molecular weight excluding hydrogens is 434 g/mol. The van der Waals surface area contributed by atoms with Gasteiger partial charge in [0, 0.05) is 16.5 Å². The number of aromatic hydroxyl groups is 1. The Labute approximate surface area is 197 Å². The van der Waals surface area contributed by atoms with Gasteiger partial charge < -0.3 is 5.11 Å². The molecule has 0 radical (unpaired) electrons. The van der Waals surface area contributed by atoms with Crippen molar-refractivity contribution in [2.75, 3.05) is 4.90 Å². The highest BCUT2D eigenvalue weighted by Crippen LogP contribution is 2.59. The van der Waals surface area contributed by atoms with Crippen molar-refractivity contribution in [3.05, 3.63) is 119 Å². The third-order valence-electron chi connectivity index (χ3n) is 6.80. The summed E-state index contributed by atoms with van der Waals surface area (Å²) in [5.41, 5.74) is 1.34. The zero-order chi connectivity index (χ0) is 23.2. The van der Waals surface area contributed by atoms with Crippen LogP contribution >= 0.6 is 11.6 Å². The zero-order valence-corrected chi connectivity index (χ0v) is 18.6. The van der Waals surface area contributed by atoms with E-state index in [1.54, 1.807) is 42.5 Å². The summed E-state index contributed by atoms with van der Waals surface area (Å²) in [6, 6.07) is 23.2. The topological polar surface area (TPSA) is 57.6 Å². The predicted octanol–water partition coefficient (Wildman–Crippen LogP) is 5.77. The van der Waals surface area contributed by atoms with Crippen molar-refractivity contribution in [1.82, 2.24) is 0 Å². The lowest BCUT2D eigenvalue weighted by Crippen LogP contribution is -2.48. The maximum Gasteiger partial charge on any atom is 0.246 e. The molecule has 1 heterocycles. The average Bonchev–Trinajstić information content (AvgIpc) is 3.06. The normalized spacial score (nSPS) is 24.4. The SMILES string of the molecule is C=CC1=CCC2C(=O)N(c3cccc(Cl)c3)C(=O)C2(c2ccccc2)C1c1ccccc1O. The van der Waals surface area contributed by atoms with E-state index in [2.05, 4.69) is 6.58 Å². The number of carbonyl (C=O) groups is 2. The second kappa shape index (κ2) is 8.05. The lowest BCUT2D eigenvalue weighted by molar-refractivity contribution is -0.123. The number of benzene rings is 3. The minimum absolute atomic E-state index is 0.0765. The largest absolute Gasteiger partial charge is 0.508 e. The van der Waals surface area contributed by atoms with Crippen LogP contribution in [0.25, 0.3) is 0 Å². The van der Waals surface area contributed by atoms with Gasteiger partial charge in [0.25, 0.3) is 0 Å². The number of para-hydroxylation sites is 1. The van der Waals surface area contributed by atoms with Crippen molar-refractivity contribution in [2.24, 2.45) is 5.92 Å². The number of anilines is 1. The monoisotopic (exact) mass is 455 g/mol. The molecule has 3 aromatic rings. The molecule has 1 aliphatic heterocycles. The van der Waals surface area contributed by atoms with E-state index in [4.69, 9.17) is 11.6 Å². The van der Waals surface area contributed by atoms with Crippen LogP contribution in [-0.4, -0.2) is 16.9 Å². The van der Waals surface area contributed by atoms with E-state index in [1.165, 1.54) is 4.90 Å². The number of phenols is 1. The standard InChI is InChI=1S/C28H22ClNO3/c1-2-18-15-16-23-26(32)30(21-12-8-11-20(29)17-21)27(33)28(23,19-9-4-3-5-10-19)25(18)22-13-6-7-14-24(22)31/h2-15,17,23,25,31H,1,16H2. The number of fused-ring (bicyclic) bond motifs is 1. The highest BCUT2D eigenvalue weighted by atomic mass is 35.5. The van der Waals surface area contributed by atoms with Crippen LogP contribution in [0.1, 0.15) is 23.5 Å². The van der Waals surface area contributed by atoms with Gasteiger partial charge in [0.15, 0.2) is 0 Å². The fourth-order valence-electron chi connectivity index (χ4n) is 5.45. The molecule has 5 heteroatoms. The molecule has 1 fully saturated rings. The highest BCUT2D eigenvalue weighted by molar-refractivity contribution is 6.32. The van der Waals surface area contributed by atoms with E-state index in [0.29, 0.717) is 22.7 Å². The van der Waals surface area contributed by atoms with Gasteiger partial charge in [-0.05, 0) is 41.8 Å². The molecule has 164 valence electrons. The fraction of sp³-hybridized carbons (Fsp3) is 0.143. The van der Waals surface area contributed by atoms with E-state index >= 15 is 0 Å². The second-order valence-electron chi connectivity index (χ2n) is 8.38. The third-order valence-corrected chi connectivity index (χ3v) is 7.04. The number of imide groups is 1. The van der Waals surface area contributed by atoms with E-state index in [9.17, 15) is 14.7 Å². The Morgan fingerprint density at radius 2 is 1.73 bits per heavy atom. The van der Waals surface area contributed by atoms with Crippen molar-refractivity contribution in [2.45, 2.75) is 17.8 Å². The first-order valence-corrected chi connectivity index (χ1v) is 11.2. The van der Waals surface area contributed by atoms with Crippen molar-refractivity contribution in [3.8, 4) is 5.75 Å². The number of rotatable bonds is 4. The number of phenolic OH excluding ortho intramolecular Hbond substituents is 1. The maximum atomic E-state index is 14.5. The summed E-state index contributed by atoms with van der Waals surface area (Å²) in [4.78, 5) is 29.6. The summed E-state index contributed by atoms with van der Waals surface area (Å²) in [6.45, 7) is 3.98. The van der Waals surface area contributed by atoms with Crippen molar-refractivity contribution in [1.29, 1.82) is 0 Å². The quantitative estimate of drug-likeness (QED) is 0.508. The number of hydrogen-bond donors (Lipinski definition) is 1. The lowest BCUT2D eigenvalue weighted by Gasteiger charge is -2.43. The number of halogens is 1. The molecule has 4 nitrogen and oxygen atoms in total. The van der Waals surface area contributed by atoms with Crippen molar-refractivity contribution in [3.63, 3.8) is 0 Å². The maximum absolute atomic E-state index is 14.5. The Balaban J connectivity index is 1.83. The molecule has 0 aromatic heterocycles. The first kappa shape index (κ1) is 21.2. The van der Waals surface area contributed by atoms with Gasteiger partial charge in [0.05, 0.1) is 17.0 Å². The first-order chi connectivity index (χ1) is 16.0. The summed E-state index contributed by atoms with van der Waals surface area (Å²) in [7, 11) is 0. The van der Waals surface area contributed by atoms with Gasteiger partial charge in [0.1, 0.15) is 5.75 Å². The van der Waals surface area contributed by atoms with Crippen LogP contribution < -0.4 is 4.90 Å². The molecule has 5 rings (SSSR count). The molecule has 1 saturated heterocycles. The second-order valence-corrected chi connectivity index (χ2v) is 8.82. The lowest BCUT2D eigenvalue weighted by atomic mass is 9.56. The Hall–Kier alpha value is -3.63. The van der Waals surface area contributed by atoms with E-state index in [0.717, 1.165) is 11.1 Å². The molecule has 0 spiro atoms. The summed E-state index contributed by atoms with van der Waals surface area (Å²) < 4.78 is 0. The molecule has 3 aromatic carbocycles. The van der Waals surface area contributed by atoms with Gasteiger partial charge in [0.2, 0.25) is 11.8 Å². The molecular formula is C28H22ClNO3. The fourth-order valence-corrected chi connectivity index (χ4v) is 5.64. The molecule has 3 unspecified atom stereocenters. The third kappa shape index (κ3) is 3.05. The van der Waals surface area contributed by atoms with Crippen LogP contribution in [0.3, 0.4) is 0 Å². The van der Waals surface area contributed by atoms with Crippen LogP contribution in [0.4, 0.5) is 5.69 Å².